The van der Waals surface area contributed by atoms with Gasteiger partial charge in [-0.1, -0.05) is 0 Å². The Bertz CT molecular complexity index is 459. The first-order chi connectivity index (χ1) is 7.85. The fourth-order valence-electron chi connectivity index (χ4n) is 1.19. The van der Waals surface area contributed by atoms with Crippen LogP contribution in [0.1, 0.15) is 0 Å². The third-order valence-corrected chi connectivity index (χ3v) is 2.78. The van der Waals surface area contributed by atoms with Gasteiger partial charge >= 0.3 is 0 Å². The molecule has 7 heteroatoms. The molecule has 84 valence electrons. The summed E-state index contributed by atoms with van der Waals surface area (Å²) in [5.74, 6) is 1.28. The number of nitrogens with one attached hydrogen (secondary N) is 2. The lowest BCUT2D eigenvalue weighted by Gasteiger charge is -2.09. The van der Waals surface area contributed by atoms with Gasteiger partial charge < -0.3 is 15.0 Å². The van der Waals surface area contributed by atoms with Crippen molar-refractivity contribution in [1.82, 2.24) is 19.9 Å². The van der Waals surface area contributed by atoms with Gasteiger partial charge in [-0.15, -0.1) is 0 Å². The van der Waals surface area contributed by atoms with Crippen molar-refractivity contribution in [1.29, 1.82) is 0 Å². The van der Waals surface area contributed by atoms with Gasteiger partial charge in [0.1, 0.15) is 6.33 Å². The molecule has 2 aromatic rings. The van der Waals surface area contributed by atoms with E-state index < -0.39 is 0 Å². The predicted molar refractivity (Wildman–Crippen MR) is 60.8 cm³/mol. The molecule has 2 aromatic heterocycles. The van der Waals surface area contributed by atoms with E-state index in [-0.39, 0.29) is 0 Å². The van der Waals surface area contributed by atoms with Crippen LogP contribution in [0.2, 0.25) is 0 Å². The Morgan fingerprint density at radius 2 is 2.25 bits per heavy atom. The summed E-state index contributed by atoms with van der Waals surface area (Å²) in [6.45, 7) is 0. The van der Waals surface area contributed by atoms with Gasteiger partial charge in [0.25, 0.3) is 0 Å². The zero-order valence-electron chi connectivity index (χ0n) is 8.89. The van der Waals surface area contributed by atoms with E-state index in [0.29, 0.717) is 11.6 Å². The Morgan fingerprint density at radius 1 is 1.38 bits per heavy atom. The van der Waals surface area contributed by atoms with E-state index in [1.54, 1.807) is 26.6 Å². The molecule has 0 spiro atoms. The lowest BCUT2D eigenvalue weighted by atomic mass is 10.5. The number of nitrogens with zero attached hydrogens (tertiary/aromatic N) is 3. The van der Waals surface area contributed by atoms with Crippen LogP contribution in [0.15, 0.2) is 28.9 Å². The normalized spacial score (nSPS) is 10.1. The molecule has 0 aromatic carbocycles. The van der Waals surface area contributed by atoms with Crippen molar-refractivity contribution in [2.75, 3.05) is 19.5 Å². The van der Waals surface area contributed by atoms with E-state index in [1.165, 1.54) is 18.1 Å². The topological polar surface area (TPSA) is 75.7 Å². The summed E-state index contributed by atoms with van der Waals surface area (Å²) >= 11 is 1.39. The Labute approximate surface area is 96.9 Å². The average Bonchev–Trinajstić information content (AvgIpc) is 2.81. The molecule has 0 saturated carbocycles. The second-order valence-electron chi connectivity index (χ2n) is 2.81. The van der Waals surface area contributed by atoms with Crippen molar-refractivity contribution >= 4 is 17.6 Å². The fraction of sp³-hybridized carbons (Fsp3) is 0.222. The highest BCUT2D eigenvalue weighted by atomic mass is 32.2. The highest BCUT2D eigenvalue weighted by Crippen LogP contribution is 2.34. The molecule has 0 aliphatic carbocycles. The maximum absolute atomic E-state index is 5.27. The van der Waals surface area contributed by atoms with Gasteiger partial charge in [0.15, 0.2) is 21.7 Å². The predicted octanol–water partition coefficient (Wildman–Crippen LogP) is 1.40. The minimum Gasteiger partial charge on any atom is -0.490 e. The molecular weight excluding hydrogens is 226 g/mol. The van der Waals surface area contributed by atoms with Crippen molar-refractivity contribution in [3.63, 3.8) is 0 Å². The first kappa shape index (κ1) is 10.7. The molecule has 2 heterocycles. The number of hydrogen-bond acceptors (Lipinski definition) is 6. The monoisotopic (exact) mass is 237 g/mol. The lowest BCUT2D eigenvalue weighted by molar-refractivity contribution is 0.400. The third kappa shape index (κ3) is 2.08. The SMILES string of the molecule is CNc1ncnc(Sc2ncc[nH]2)c1OC. The molecule has 0 atom stereocenters. The van der Waals surface area contributed by atoms with Crippen LogP contribution in [0.25, 0.3) is 0 Å². The van der Waals surface area contributed by atoms with Crippen molar-refractivity contribution in [3.8, 4) is 5.75 Å². The second kappa shape index (κ2) is 4.84. The Balaban J connectivity index is 2.33. The second-order valence-corrected chi connectivity index (χ2v) is 3.78. The van der Waals surface area contributed by atoms with Gasteiger partial charge in [-0.25, -0.2) is 15.0 Å². The first-order valence-electron chi connectivity index (χ1n) is 4.59. The van der Waals surface area contributed by atoms with E-state index in [9.17, 15) is 0 Å². The van der Waals surface area contributed by atoms with E-state index in [0.717, 1.165) is 10.2 Å². The van der Waals surface area contributed by atoms with Crippen molar-refractivity contribution in [2.45, 2.75) is 10.2 Å². The number of H-pyrrole nitrogens is 1. The third-order valence-electron chi connectivity index (χ3n) is 1.88. The highest BCUT2D eigenvalue weighted by Gasteiger charge is 2.13. The summed E-state index contributed by atoms with van der Waals surface area (Å²) in [6.07, 6.45) is 4.93. The van der Waals surface area contributed by atoms with Gasteiger partial charge in [0.05, 0.1) is 7.11 Å². The molecule has 2 rings (SSSR count). The number of ether oxygens (including phenoxy) is 1. The average molecular weight is 237 g/mol. The number of anilines is 1. The van der Waals surface area contributed by atoms with Crippen LogP contribution < -0.4 is 10.1 Å². The van der Waals surface area contributed by atoms with Crippen LogP contribution in [0.5, 0.6) is 5.75 Å². The smallest absolute Gasteiger partial charge is 0.194 e. The summed E-state index contributed by atoms with van der Waals surface area (Å²) in [5.41, 5.74) is 0. The van der Waals surface area contributed by atoms with E-state index in [1.807, 2.05) is 0 Å². The van der Waals surface area contributed by atoms with Crippen molar-refractivity contribution in [2.24, 2.45) is 0 Å². The van der Waals surface area contributed by atoms with Gasteiger partial charge in [-0.3, -0.25) is 0 Å². The molecule has 0 radical (unpaired) electrons. The summed E-state index contributed by atoms with van der Waals surface area (Å²) in [5, 5.41) is 4.43. The maximum Gasteiger partial charge on any atom is 0.194 e. The summed E-state index contributed by atoms with van der Waals surface area (Å²) in [7, 11) is 3.37. The minimum absolute atomic E-state index is 0.617. The summed E-state index contributed by atoms with van der Waals surface area (Å²) < 4.78 is 5.27. The zero-order valence-corrected chi connectivity index (χ0v) is 9.71. The molecule has 0 amide bonds. The first-order valence-corrected chi connectivity index (χ1v) is 5.40. The molecule has 6 nitrogen and oxygen atoms in total. The highest BCUT2D eigenvalue weighted by molar-refractivity contribution is 7.99. The molecule has 16 heavy (non-hydrogen) atoms. The largest absolute Gasteiger partial charge is 0.490 e. The molecule has 0 aliphatic rings. The Morgan fingerprint density at radius 3 is 2.88 bits per heavy atom. The Kier molecular flexibility index (Phi) is 3.25. The van der Waals surface area contributed by atoms with Crippen LogP contribution in [-0.2, 0) is 0 Å². The Hall–Kier alpha value is -1.76. The number of rotatable bonds is 4. The molecular formula is C9H11N5OS. The van der Waals surface area contributed by atoms with Crippen LogP contribution in [-0.4, -0.2) is 34.1 Å². The van der Waals surface area contributed by atoms with E-state index in [2.05, 4.69) is 25.3 Å². The maximum atomic E-state index is 5.27. The van der Waals surface area contributed by atoms with Crippen LogP contribution >= 0.6 is 11.8 Å². The molecule has 0 fully saturated rings. The van der Waals surface area contributed by atoms with Crippen molar-refractivity contribution < 1.29 is 4.74 Å². The van der Waals surface area contributed by atoms with Crippen molar-refractivity contribution in [3.05, 3.63) is 18.7 Å². The minimum atomic E-state index is 0.617. The summed E-state index contributed by atoms with van der Waals surface area (Å²) in [6, 6.07) is 0. The zero-order chi connectivity index (χ0) is 11.4. The number of aromatic nitrogens is 4. The van der Waals surface area contributed by atoms with E-state index >= 15 is 0 Å². The quantitative estimate of drug-likeness (QED) is 0.783. The molecule has 2 N–H and O–H groups in total. The van der Waals surface area contributed by atoms with Crippen LogP contribution in [0.4, 0.5) is 5.82 Å². The standard InChI is InChI=1S/C9H11N5OS/c1-10-7-6(15-2)8(14-5-13-7)16-9-11-3-4-12-9/h3-5H,1-2H3,(H,11,12)(H,10,13,14). The molecule has 0 saturated heterocycles. The lowest BCUT2D eigenvalue weighted by Crippen LogP contribution is -1.99. The number of aromatic amines is 1. The van der Waals surface area contributed by atoms with Crippen LogP contribution in [0, 0.1) is 0 Å². The fourth-order valence-corrected chi connectivity index (χ4v) is 1.99. The molecule has 0 aliphatic heterocycles. The number of methoxy groups -OCH3 is 1. The van der Waals surface area contributed by atoms with E-state index in [4.69, 9.17) is 4.74 Å². The van der Waals surface area contributed by atoms with Gasteiger partial charge in [-0.05, 0) is 11.8 Å². The van der Waals surface area contributed by atoms with Gasteiger partial charge in [-0.2, -0.15) is 0 Å². The van der Waals surface area contributed by atoms with Gasteiger partial charge in [0, 0.05) is 19.4 Å². The van der Waals surface area contributed by atoms with Gasteiger partial charge in [0.2, 0.25) is 0 Å². The number of imidazole rings is 1. The molecule has 0 bridgehead atoms. The molecule has 0 unspecified atom stereocenters. The number of hydrogen-bond donors (Lipinski definition) is 2. The van der Waals surface area contributed by atoms with Crippen LogP contribution in [0.3, 0.4) is 0 Å². The summed E-state index contributed by atoms with van der Waals surface area (Å²) in [4.78, 5) is 15.3.